The Morgan fingerprint density at radius 3 is 2.61 bits per heavy atom. The van der Waals surface area contributed by atoms with Crippen LogP contribution < -0.4 is 11.1 Å². The highest BCUT2D eigenvalue weighted by Gasteiger charge is 2.11. The maximum absolute atomic E-state index is 13.5. The number of aryl methyl sites for hydroxylation is 1. The minimum Gasteiger partial charge on any atom is -0.397 e. The molecule has 0 aliphatic rings. The van der Waals surface area contributed by atoms with Gasteiger partial charge in [-0.2, -0.15) is 0 Å². The fraction of sp³-hybridized carbons (Fsp3) is 0.0833. The standard InChI is InChI=1S/C12H10ClF2N3/c1-6-10(16)2-3-11(17-6)18-12-8(13)4-7(14)5-9(12)15/h2-5H,16H2,1H3,(H,17,18). The molecule has 1 aromatic heterocycles. The number of nitrogens with two attached hydrogens (primary N) is 1. The Bertz CT molecular complexity index is 579. The number of hydrogen-bond acceptors (Lipinski definition) is 3. The minimum absolute atomic E-state index is 0.0188. The van der Waals surface area contributed by atoms with Crippen LogP contribution in [0.5, 0.6) is 0 Å². The van der Waals surface area contributed by atoms with Crippen LogP contribution in [0.15, 0.2) is 24.3 Å². The molecule has 0 atom stereocenters. The monoisotopic (exact) mass is 269 g/mol. The van der Waals surface area contributed by atoms with Crippen LogP contribution in [-0.4, -0.2) is 4.98 Å². The van der Waals surface area contributed by atoms with Gasteiger partial charge in [0.1, 0.15) is 11.6 Å². The van der Waals surface area contributed by atoms with E-state index in [0.29, 0.717) is 17.2 Å². The van der Waals surface area contributed by atoms with Crippen molar-refractivity contribution in [2.45, 2.75) is 6.92 Å². The highest BCUT2D eigenvalue weighted by atomic mass is 35.5. The number of nitrogen functional groups attached to an aromatic ring is 1. The number of aromatic nitrogens is 1. The average molecular weight is 270 g/mol. The SMILES string of the molecule is Cc1nc(Nc2c(F)cc(F)cc2Cl)ccc1N. The molecule has 0 saturated carbocycles. The van der Waals surface area contributed by atoms with Crippen molar-refractivity contribution in [3.8, 4) is 0 Å². The van der Waals surface area contributed by atoms with Crippen molar-refractivity contribution in [2.75, 3.05) is 11.1 Å². The summed E-state index contributed by atoms with van der Waals surface area (Å²) in [6, 6.07) is 5.00. The largest absolute Gasteiger partial charge is 0.397 e. The second-order valence-electron chi connectivity index (χ2n) is 3.74. The summed E-state index contributed by atoms with van der Waals surface area (Å²) in [6.07, 6.45) is 0. The van der Waals surface area contributed by atoms with E-state index in [0.717, 1.165) is 12.1 Å². The molecule has 6 heteroatoms. The van der Waals surface area contributed by atoms with Crippen LogP contribution in [0.25, 0.3) is 0 Å². The third-order valence-corrected chi connectivity index (χ3v) is 2.68. The summed E-state index contributed by atoms with van der Waals surface area (Å²) in [5.41, 5.74) is 6.75. The molecule has 0 radical (unpaired) electrons. The van der Waals surface area contributed by atoms with Gasteiger partial charge in [-0.25, -0.2) is 13.8 Å². The summed E-state index contributed by atoms with van der Waals surface area (Å²) in [7, 11) is 0. The van der Waals surface area contributed by atoms with E-state index in [4.69, 9.17) is 17.3 Å². The van der Waals surface area contributed by atoms with E-state index in [-0.39, 0.29) is 10.7 Å². The Morgan fingerprint density at radius 1 is 1.28 bits per heavy atom. The van der Waals surface area contributed by atoms with Crippen molar-refractivity contribution in [2.24, 2.45) is 0 Å². The van der Waals surface area contributed by atoms with E-state index in [9.17, 15) is 8.78 Å². The van der Waals surface area contributed by atoms with Crippen LogP contribution in [0.2, 0.25) is 5.02 Å². The topological polar surface area (TPSA) is 50.9 Å². The number of rotatable bonds is 2. The normalized spacial score (nSPS) is 10.4. The van der Waals surface area contributed by atoms with Crippen molar-refractivity contribution in [3.63, 3.8) is 0 Å². The number of halogens is 3. The average Bonchev–Trinajstić information content (AvgIpc) is 2.28. The molecule has 0 bridgehead atoms. The zero-order chi connectivity index (χ0) is 13.3. The molecule has 0 saturated heterocycles. The van der Waals surface area contributed by atoms with Gasteiger partial charge in [-0.15, -0.1) is 0 Å². The second-order valence-corrected chi connectivity index (χ2v) is 4.15. The van der Waals surface area contributed by atoms with E-state index in [2.05, 4.69) is 10.3 Å². The molecule has 2 rings (SSSR count). The smallest absolute Gasteiger partial charge is 0.151 e. The van der Waals surface area contributed by atoms with Crippen LogP contribution in [0.3, 0.4) is 0 Å². The molecule has 0 unspecified atom stereocenters. The van der Waals surface area contributed by atoms with Crippen molar-refractivity contribution in [3.05, 3.63) is 46.6 Å². The Hall–Kier alpha value is -1.88. The molecule has 0 aliphatic heterocycles. The molecule has 0 aliphatic carbocycles. The minimum atomic E-state index is -0.781. The molecule has 1 aromatic carbocycles. The van der Waals surface area contributed by atoms with Gasteiger partial charge in [0.15, 0.2) is 5.82 Å². The molecule has 3 N–H and O–H groups in total. The number of nitrogens with zero attached hydrogens (tertiary/aromatic N) is 1. The van der Waals surface area contributed by atoms with Gasteiger partial charge in [0.25, 0.3) is 0 Å². The number of nitrogens with one attached hydrogen (secondary N) is 1. The number of pyridine rings is 1. The van der Waals surface area contributed by atoms with Crippen LogP contribution >= 0.6 is 11.6 Å². The van der Waals surface area contributed by atoms with Crippen molar-refractivity contribution in [1.29, 1.82) is 0 Å². The van der Waals surface area contributed by atoms with Gasteiger partial charge >= 0.3 is 0 Å². The summed E-state index contributed by atoms with van der Waals surface area (Å²) >= 11 is 5.76. The van der Waals surface area contributed by atoms with E-state index >= 15 is 0 Å². The Labute approximate surface area is 108 Å². The van der Waals surface area contributed by atoms with Gasteiger partial charge in [-0.3, -0.25) is 0 Å². The summed E-state index contributed by atoms with van der Waals surface area (Å²) in [4.78, 5) is 4.12. The maximum atomic E-state index is 13.5. The molecule has 18 heavy (non-hydrogen) atoms. The summed E-state index contributed by atoms with van der Waals surface area (Å²) in [6.45, 7) is 1.73. The van der Waals surface area contributed by atoms with Crippen LogP contribution in [0, 0.1) is 18.6 Å². The fourth-order valence-corrected chi connectivity index (χ4v) is 1.67. The quantitative estimate of drug-likeness (QED) is 0.875. The van der Waals surface area contributed by atoms with Crippen LogP contribution in [0.1, 0.15) is 5.69 Å². The van der Waals surface area contributed by atoms with Crippen LogP contribution in [0.4, 0.5) is 26.0 Å². The molecule has 0 spiro atoms. The lowest BCUT2D eigenvalue weighted by Crippen LogP contribution is -2.00. The number of anilines is 3. The third kappa shape index (κ3) is 2.51. The predicted molar refractivity (Wildman–Crippen MR) is 68.0 cm³/mol. The lowest BCUT2D eigenvalue weighted by molar-refractivity contribution is 0.586. The highest BCUT2D eigenvalue weighted by molar-refractivity contribution is 6.33. The molecule has 0 amide bonds. The lowest BCUT2D eigenvalue weighted by Gasteiger charge is -2.10. The lowest BCUT2D eigenvalue weighted by atomic mass is 10.2. The Morgan fingerprint density at radius 2 is 2.00 bits per heavy atom. The molecular formula is C12H10ClF2N3. The van der Waals surface area contributed by atoms with Crippen molar-refractivity contribution in [1.82, 2.24) is 4.98 Å². The van der Waals surface area contributed by atoms with Gasteiger partial charge < -0.3 is 11.1 Å². The van der Waals surface area contributed by atoms with Crippen molar-refractivity contribution < 1.29 is 8.78 Å². The summed E-state index contributed by atoms with van der Waals surface area (Å²) in [5, 5.41) is 2.64. The van der Waals surface area contributed by atoms with Gasteiger partial charge in [0.05, 0.1) is 22.1 Å². The van der Waals surface area contributed by atoms with Gasteiger partial charge in [-0.05, 0) is 25.1 Å². The molecule has 1 heterocycles. The maximum Gasteiger partial charge on any atom is 0.151 e. The molecule has 94 valence electrons. The molecule has 3 nitrogen and oxygen atoms in total. The summed E-state index contributed by atoms with van der Waals surface area (Å²) < 4.78 is 26.4. The van der Waals surface area contributed by atoms with Crippen LogP contribution in [-0.2, 0) is 0 Å². The first kappa shape index (κ1) is 12.6. The van der Waals surface area contributed by atoms with E-state index < -0.39 is 11.6 Å². The first-order valence-corrected chi connectivity index (χ1v) is 5.50. The number of benzene rings is 1. The number of hydrogen-bond donors (Lipinski definition) is 2. The highest BCUT2D eigenvalue weighted by Crippen LogP contribution is 2.29. The first-order chi connectivity index (χ1) is 8.47. The van der Waals surface area contributed by atoms with Gasteiger partial charge in [-0.1, -0.05) is 11.6 Å². The fourth-order valence-electron chi connectivity index (χ4n) is 1.43. The van der Waals surface area contributed by atoms with Gasteiger partial charge in [0, 0.05) is 6.07 Å². The zero-order valence-corrected chi connectivity index (χ0v) is 10.2. The first-order valence-electron chi connectivity index (χ1n) is 5.12. The van der Waals surface area contributed by atoms with E-state index in [1.165, 1.54) is 0 Å². The third-order valence-electron chi connectivity index (χ3n) is 2.39. The molecular weight excluding hydrogens is 260 g/mol. The predicted octanol–water partition coefficient (Wildman–Crippen LogP) is 3.65. The Kier molecular flexibility index (Phi) is 3.34. The molecule has 0 fully saturated rings. The van der Waals surface area contributed by atoms with E-state index in [1.54, 1.807) is 19.1 Å². The second kappa shape index (κ2) is 4.78. The summed E-state index contributed by atoms with van der Waals surface area (Å²) in [5.74, 6) is -1.13. The van der Waals surface area contributed by atoms with Crippen molar-refractivity contribution >= 4 is 28.8 Å². The Balaban J connectivity index is 2.37. The molecule has 2 aromatic rings. The van der Waals surface area contributed by atoms with Gasteiger partial charge in [0.2, 0.25) is 0 Å². The van der Waals surface area contributed by atoms with E-state index in [1.807, 2.05) is 0 Å². The zero-order valence-electron chi connectivity index (χ0n) is 9.47.